The molecule has 6 nitrogen and oxygen atoms in total. The van der Waals surface area contributed by atoms with Gasteiger partial charge in [-0.15, -0.1) is 0 Å². The predicted octanol–water partition coefficient (Wildman–Crippen LogP) is 0.878. The van der Waals surface area contributed by atoms with Gasteiger partial charge in [0, 0.05) is 19.0 Å². The molecule has 1 aromatic carbocycles. The van der Waals surface area contributed by atoms with E-state index in [4.69, 9.17) is 4.74 Å². The molecule has 0 bridgehead atoms. The monoisotopic (exact) mass is 260 g/mol. The summed E-state index contributed by atoms with van der Waals surface area (Å²) < 4.78 is 5.24. The summed E-state index contributed by atoms with van der Waals surface area (Å²) in [5, 5.41) is 13.9. The minimum absolute atomic E-state index is 0.0340. The van der Waals surface area contributed by atoms with Crippen LogP contribution in [-0.4, -0.2) is 41.9 Å². The zero-order valence-electron chi connectivity index (χ0n) is 10.6. The van der Waals surface area contributed by atoms with E-state index in [9.17, 15) is 4.79 Å². The first-order valence-corrected chi connectivity index (χ1v) is 6.27. The summed E-state index contributed by atoms with van der Waals surface area (Å²) in [6.07, 6.45) is 2.52. The van der Waals surface area contributed by atoms with Crippen LogP contribution in [0.4, 0.5) is 5.69 Å². The molecule has 3 rings (SSSR count). The minimum atomic E-state index is -0.202. The number of amides is 1. The number of aromatic nitrogens is 2. The van der Waals surface area contributed by atoms with E-state index in [2.05, 4.69) is 20.8 Å². The van der Waals surface area contributed by atoms with Crippen molar-refractivity contribution in [2.24, 2.45) is 0 Å². The molecule has 1 amide bonds. The Hall–Kier alpha value is -1.92. The molecule has 2 unspecified atom stereocenters. The highest BCUT2D eigenvalue weighted by Crippen LogP contribution is 2.22. The lowest BCUT2D eigenvalue weighted by molar-refractivity contribution is -0.117. The van der Waals surface area contributed by atoms with E-state index >= 15 is 0 Å². The number of H-pyrrole nitrogens is 1. The second-order valence-electron chi connectivity index (χ2n) is 4.68. The fourth-order valence-corrected chi connectivity index (χ4v) is 2.38. The lowest BCUT2D eigenvalue weighted by atomic mass is 10.1. The molecule has 3 N–H and O–H groups in total. The van der Waals surface area contributed by atoms with E-state index in [1.165, 1.54) is 0 Å². The number of methoxy groups -OCH3 is 1. The van der Waals surface area contributed by atoms with Gasteiger partial charge in [0.25, 0.3) is 0 Å². The summed E-state index contributed by atoms with van der Waals surface area (Å²) in [6, 6.07) is 5.48. The van der Waals surface area contributed by atoms with Crippen LogP contribution in [0.1, 0.15) is 6.42 Å². The lowest BCUT2D eigenvalue weighted by Crippen LogP contribution is -2.35. The molecule has 0 radical (unpaired) electrons. The van der Waals surface area contributed by atoms with Crippen molar-refractivity contribution in [1.29, 1.82) is 0 Å². The number of hydrogen-bond donors (Lipinski definition) is 3. The van der Waals surface area contributed by atoms with Crippen LogP contribution in [-0.2, 0) is 9.53 Å². The number of carbonyl (C=O) groups is 1. The zero-order valence-corrected chi connectivity index (χ0v) is 10.6. The maximum atomic E-state index is 12.2. The Balaban J connectivity index is 1.74. The molecule has 0 aliphatic carbocycles. The smallest absolute Gasteiger partial charge is 0.241 e. The molecule has 0 saturated carbocycles. The largest absolute Gasteiger partial charge is 0.380 e. The third-order valence-electron chi connectivity index (χ3n) is 3.48. The lowest BCUT2D eigenvalue weighted by Gasteiger charge is -2.11. The van der Waals surface area contributed by atoms with Gasteiger partial charge in [-0.2, -0.15) is 5.10 Å². The van der Waals surface area contributed by atoms with Crippen molar-refractivity contribution in [3.63, 3.8) is 0 Å². The second kappa shape index (κ2) is 4.99. The molecule has 6 heteroatoms. The summed E-state index contributed by atoms with van der Waals surface area (Å²) in [4.78, 5) is 12.2. The number of benzene rings is 1. The number of anilines is 1. The molecular formula is C13H16N4O2. The molecule has 2 heterocycles. The topological polar surface area (TPSA) is 79.0 Å². The number of ether oxygens (including phenoxy) is 1. The molecular weight excluding hydrogens is 244 g/mol. The summed E-state index contributed by atoms with van der Waals surface area (Å²) in [5.74, 6) is -0.0340. The molecule has 1 aliphatic rings. The van der Waals surface area contributed by atoms with Gasteiger partial charge in [-0.25, -0.2) is 0 Å². The van der Waals surface area contributed by atoms with Crippen molar-refractivity contribution >= 4 is 22.5 Å². The van der Waals surface area contributed by atoms with Crippen LogP contribution in [0.15, 0.2) is 24.4 Å². The van der Waals surface area contributed by atoms with E-state index in [-0.39, 0.29) is 18.1 Å². The highest BCUT2D eigenvalue weighted by Gasteiger charge is 2.29. The average molecular weight is 260 g/mol. The highest BCUT2D eigenvalue weighted by molar-refractivity contribution is 6.02. The van der Waals surface area contributed by atoms with Gasteiger partial charge in [-0.05, 0) is 18.6 Å². The summed E-state index contributed by atoms with van der Waals surface area (Å²) in [5.41, 5.74) is 1.69. The van der Waals surface area contributed by atoms with Crippen molar-refractivity contribution in [3.8, 4) is 0 Å². The van der Waals surface area contributed by atoms with E-state index in [0.29, 0.717) is 13.0 Å². The normalized spacial score (nSPS) is 22.8. The summed E-state index contributed by atoms with van der Waals surface area (Å²) in [6.45, 7) is 0.713. The molecule has 2 aromatic rings. The molecule has 0 spiro atoms. The predicted molar refractivity (Wildman–Crippen MR) is 71.9 cm³/mol. The molecule has 2 atom stereocenters. The van der Waals surface area contributed by atoms with E-state index in [0.717, 1.165) is 16.6 Å². The Morgan fingerprint density at radius 1 is 1.53 bits per heavy atom. The molecule has 1 fully saturated rings. The Kier molecular flexibility index (Phi) is 3.18. The Bertz CT molecular complexity index is 595. The van der Waals surface area contributed by atoms with Gasteiger partial charge in [-0.1, -0.05) is 6.07 Å². The van der Waals surface area contributed by atoms with Crippen molar-refractivity contribution in [3.05, 3.63) is 24.4 Å². The van der Waals surface area contributed by atoms with E-state index in [1.807, 2.05) is 18.2 Å². The van der Waals surface area contributed by atoms with Gasteiger partial charge < -0.3 is 15.4 Å². The third-order valence-corrected chi connectivity index (χ3v) is 3.48. The molecule has 1 aliphatic heterocycles. The van der Waals surface area contributed by atoms with Gasteiger partial charge in [-0.3, -0.25) is 9.89 Å². The quantitative estimate of drug-likeness (QED) is 0.765. The third kappa shape index (κ3) is 2.32. The van der Waals surface area contributed by atoms with E-state index in [1.54, 1.807) is 13.3 Å². The van der Waals surface area contributed by atoms with Gasteiger partial charge in [0.1, 0.15) is 0 Å². The number of carbonyl (C=O) groups excluding carboxylic acids is 1. The maximum absolute atomic E-state index is 12.2. The van der Waals surface area contributed by atoms with Crippen LogP contribution < -0.4 is 10.6 Å². The number of rotatable bonds is 3. The van der Waals surface area contributed by atoms with Crippen LogP contribution >= 0.6 is 0 Å². The standard InChI is InChI=1S/C13H16N4O2/c1-19-8-5-12(14-6-8)13(18)16-10-3-2-4-11-9(10)7-15-17-11/h2-4,7-8,12,14H,5-6H2,1H3,(H,15,17)(H,16,18). The molecule has 19 heavy (non-hydrogen) atoms. The minimum Gasteiger partial charge on any atom is -0.380 e. The van der Waals surface area contributed by atoms with Crippen LogP contribution in [0.5, 0.6) is 0 Å². The molecule has 1 aromatic heterocycles. The molecule has 1 saturated heterocycles. The van der Waals surface area contributed by atoms with Crippen molar-refractivity contribution < 1.29 is 9.53 Å². The number of nitrogens with zero attached hydrogens (tertiary/aromatic N) is 1. The first kappa shape index (κ1) is 12.1. The fourth-order valence-electron chi connectivity index (χ4n) is 2.38. The summed E-state index contributed by atoms with van der Waals surface area (Å²) in [7, 11) is 1.67. The van der Waals surface area contributed by atoms with Gasteiger partial charge in [0.15, 0.2) is 0 Å². The number of hydrogen-bond acceptors (Lipinski definition) is 4. The van der Waals surface area contributed by atoms with Crippen LogP contribution in [0, 0.1) is 0 Å². The number of aromatic amines is 1. The average Bonchev–Trinajstić information content (AvgIpc) is 3.08. The molecule has 100 valence electrons. The number of fused-ring (bicyclic) bond motifs is 1. The fraction of sp³-hybridized carbons (Fsp3) is 0.385. The van der Waals surface area contributed by atoms with Crippen molar-refractivity contribution in [2.75, 3.05) is 19.0 Å². The van der Waals surface area contributed by atoms with Gasteiger partial charge in [0.2, 0.25) is 5.91 Å². The zero-order chi connectivity index (χ0) is 13.2. The van der Waals surface area contributed by atoms with Crippen LogP contribution in [0.25, 0.3) is 10.9 Å². The second-order valence-corrected chi connectivity index (χ2v) is 4.68. The van der Waals surface area contributed by atoms with Crippen molar-refractivity contribution in [1.82, 2.24) is 15.5 Å². The SMILES string of the molecule is COC1CNC(C(=O)Nc2cccc3[nH]ncc23)C1. The number of nitrogens with one attached hydrogen (secondary N) is 3. The Morgan fingerprint density at radius 3 is 3.21 bits per heavy atom. The summed E-state index contributed by atoms with van der Waals surface area (Å²) >= 11 is 0. The van der Waals surface area contributed by atoms with Crippen molar-refractivity contribution in [2.45, 2.75) is 18.6 Å². The van der Waals surface area contributed by atoms with Crippen LogP contribution in [0.3, 0.4) is 0 Å². The Labute approximate surface area is 110 Å². The van der Waals surface area contributed by atoms with Gasteiger partial charge >= 0.3 is 0 Å². The maximum Gasteiger partial charge on any atom is 0.241 e. The Morgan fingerprint density at radius 2 is 2.42 bits per heavy atom. The van der Waals surface area contributed by atoms with Gasteiger partial charge in [0.05, 0.1) is 29.5 Å². The first-order valence-electron chi connectivity index (χ1n) is 6.27. The van der Waals surface area contributed by atoms with Crippen LogP contribution in [0.2, 0.25) is 0 Å². The van der Waals surface area contributed by atoms with E-state index < -0.39 is 0 Å². The highest BCUT2D eigenvalue weighted by atomic mass is 16.5. The first-order chi connectivity index (χ1) is 9.28.